The third-order valence-electron chi connectivity index (χ3n) is 2.05. The van der Waals surface area contributed by atoms with Crippen LogP contribution in [0.4, 0.5) is 0 Å². The van der Waals surface area contributed by atoms with Gasteiger partial charge in [0.25, 0.3) is 0 Å². The molecule has 0 unspecified atom stereocenters. The summed E-state index contributed by atoms with van der Waals surface area (Å²) in [6.07, 6.45) is 1.13. The summed E-state index contributed by atoms with van der Waals surface area (Å²) in [6, 6.07) is 0. The van der Waals surface area contributed by atoms with E-state index in [0.29, 0.717) is 0 Å². The van der Waals surface area contributed by atoms with Crippen LogP contribution in [0.2, 0.25) is 0 Å². The molecule has 0 aromatic heterocycles. The van der Waals surface area contributed by atoms with E-state index >= 15 is 0 Å². The van der Waals surface area contributed by atoms with Crippen molar-refractivity contribution >= 4 is 0 Å². The topological polar surface area (TPSA) is 15.7 Å². The molecule has 3 heteroatoms. The van der Waals surface area contributed by atoms with Gasteiger partial charge in [-0.2, -0.15) is 0 Å². The van der Waals surface area contributed by atoms with Crippen LogP contribution in [0.1, 0.15) is 13.3 Å². The Balaban J connectivity index is 2.99. The van der Waals surface area contributed by atoms with E-state index < -0.39 is 0 Å². The largest absolute Gasteiger partial charge is 0.380 e. The first-order valence-electron chi connectivity index (χ1n) is 5.07. The van der Waals surface area contributed by atoms with Gasteiger partial charge in [-0.3, -0.25) is 0 Å². The lowest BCUT2D eigenvalue weighted by Crippen LogP contribution is -2.23. The molecule has 0 spiro atoms. The molecule has 0 aliphatic carbocycles. The van der Waals surface area contributed by atoms with Gasteiger partial charge < -0.3 is 14.5 Å². The fourth-order valence-electron chi connectivity index (χ4n) is 0.963. The Hall–Kier alpha value is -0.120. The number of hydrogen-bond donors (Lipinski definition) is 0. The van der Waals surface area contributed by atoms with Gasteiger partial charge in [0.15, 0.2) is 0 Å². The van der Waals surface area contributed by atoms with Crippen LogP contribution in [0.15, 0.2) is 0 Å². The summed E-state index contributed by atoms with van der Waals surface area (Å²) >= 11 is 0. The van der Waals surface area contributed by atoms with Crippen LogP contribution < -0.4 is 0 Å². The van der Waals surface area contributed by atoms with Crippen LogP contribution in [0.3, 0.4) is 0 Å². The Labute approximate surface area is 82.7 Å². The van der Waals surface area contributed by atoms with Gasteiger partial charge in [-0.25, -0.2) is 0 Å². The fraction of sp³-hybridized carbons (Fsp3) is 1.00. The van der Waals surface area contributed by atoms with E-state index in [4.69, 9.17) is 4.74 Å². The highest BCUT2D eigenvalue weighted by Crippen LogP contribution is 1.87. The van der Waals surface area contributed by atoms with Crippen LogP contribution in [-0.2, 0) is 4.74 Å². The first-order valence-corrected chi connectivity index (χ1v) is 5.07. The molecule has 0 aromatic rings. The van der Waals surface area contributed by atoms with Gasteiger partial charge in [-0.15, -0.1) is 0 Å². The van der Waals surface area contributed by atoms with Gasteiger partial charge in [-0.1, -0.05) is 6.92 Å². The second-order valence-electron chi connectivity index (χ2n) is 3.67. The molecule has 80 valence electrons. The zero-order valence-corrected chi connectivity index (χ0v) is 9.55. The standard InChI is InChI=1S/C10H24N2O/c1-5-12(4)8-10-13-9-6-7-11(2)3/h5-10H2,1-4H3. The highest BCUT2D eigenvalue weighted by Gasteiger charge is 1.94. The number of likely N-dealkylation sites (N-methyl/N-ethyl adjacent to an activating group) is 1. The Bertz CT molecular complexity index is 107. The van der Waals surface area contributed by atoms with Crippen LogP contribution in [0.25, 0.3) is 0 Å². The van der Waals surface area contributed by atoms with Crippen molar-refractivity contribution in [3.8, 4) is 0 Å². The summed E-state index contributed by atoms with van der Waals surface area (Å²) in [5, 5.41) is 0. The van der Waals surface area contributed by atoms with Gasteiger partial charge in [0.1, 0.15) is 0 Å². The third kappa shape index (κ3) is 9.80. The lowest BCUT2D eigenvalue weighted by Gasteiger charge is -2.14. The lowest BCUT2D eigenvalue weighted by atomic mass is 10.4. The van der Waals surface area contributed by atoms with Crippen LogP contribution in [0, 0.1) is 0 Å². The summed E-state index contributed by atoms with van der Waals surface area (Å²) in [5.74, 6) is 0. The monoisotopic (exact) mass is 188 g/mol. The maximum Gasteiger partial charge on any atom is 0.0593 e. The van der Waals surface area contributed by atoms with Gasteiger partial charge in [0.05, 0.1) is 6.61 Å². The predicted molar refractivity (Wildman–Crippen MR) is 57.2 cm³/mol. The van der Waals surface area contributed by atoms with Crippen molar-refractivity contribution in [3.05, 3.63) is 0 Å². The van der Waals surface area contributed by atoms with E-state index in [1.54, 1.807) is 0 Å². The van der Waals surface area contributed by atoms with Gasteiger partial charge in [-0.05, 0) is 40.7 Å². The summed E-state index contributed by atoms with van der Waals surface area (Å²) in [5.41, 5.74) is 0. The van der Waals surface area contributed by atoms with E-state index in [1.165, 1.54) is 0 Å². The Morgan fingerprint density at radius 1 is 1.00 bits per heavy atom. The molecule has 0 heterocycles. The van der Waals surface area contributed by atoms with Crippen LogP contribution >= 0.6 is 0 Å². The van der Waals surface area contributed by atoms with Crippen molar-refractivity contribution in [1.29, 1.82) is 0 Å². The minimum absolute atomic E-state index is 0.859. The lowest BCUT2D eigenvalue weighted by molar-refractivity contribution is 0.106. The van der Waals surface area contributed by atoms with Gasteiger partial charge in [0.2, 0.25) is 0 Å². The molecule has 0 atom stereocenters. The molecule has 0 N–H and O–H groups in total. The van der Waals surface area contributed by atoms with Crippen molar-refractivity contribution in [3.63, 3.8) is 0 Å². The molecular formula is C10H24N2O. The molecule has 0 aliphatic rings. The molecular weight excluding hydrogens is 164 g/mol. The van der Waals surface area contributed by atoms with Gasteiger partial charge >= 0.3 is 0 Å². The number of hydrogen-bond acceptors (Lipinski definition) is 3. The first kappa shape index (κ1) is 12.9. The normalized spacial score (nSPS) is 11.5. The fourth-order valence-corrected chi connectivity index (χ4v) is 0.963. The second-order valence-corrected chi connectivity index (χ2v) is 3.67. The minimum atomic E-state index is 0.859. The summed E-state index contributed by atoms with van der Waals surface area (Å²) in [4.78, 5) is 4.44. The molecule has 0 rings (SSSR count). The summed E-state index contributed by atoms with van der Waals surface area (Å²) < 4.78 is 5.49. The second kappa shape index (κ2) is 8.48. The highest BCUT2D eigenvalue weighted by atomic mass is 16.5. The predicted octanol–water partition coefficient (Wildman–Crippen LogP) is 0.906. The third-order valence-corrected chi connectivity index (χ3v) is 2.05. The molecule has 0 bridgehead atoms. The summed E-state index contributed by atoms with van der Waals surface area (Å²) in [6.45, 7) is 7.16. The Kier molecular flexibility index (Phi) is 8.40. The van der Waals surface area contributed by atoms with E-state index in [1.807, 2.05) is 0 Å². The van der Waals surface area contributed by atoms with Crippen molar-refractivity contribution in [2.24, 2.45) is 0 Å². The van der Waals surface area contributed by atoms with E-state index in [9.17, 15) is 0 Å². The molecule has 0 saturated carbocycles. The minimum Gasteiger partial charge on any atom is -0.380 e. The Morgan fingerprint density at radius 2 is 1.69 bits per heavy atom. The highest BCUT2D eigenvalue weighted by molar-refractivity contribution is 4.46. The van der Waals surface area contributed by atoms with E-state index in [2.05, 4.69) is 37.9 Å². The molecule has 0 aliphatic heterocycles. The van der Waals surface area contributed by atoms with E-state index in [-0.39, 0.29) is 0 Å². The maximum atomic E-state index is 5.49. The molecule has 0 saturated heterocycles. The molecule has 0 aromatic carbocycles. The number of nitrogens with zero attached hydrogens (tertiary/aromatic N) is 2. The average molecular weight is 188 g/mol. The van der Waals surface area contributed by atoms with Crippen molar-refractivity contribution in [2.75, 3.05) is 54.0 Å². The first-order chi connectivity index (χ1) is 6.16. The molecule has 0 radical (unpaired) electrons. The maximum absolute atomic E-state index is 5.49. The Morgan fingerprint density at radius 3 is 2.23 bits per heavy atom. The van der Waals surface area contributed by atoms with Crippen molar-refractivity contribution in [1.82, 2.24) is 9.80 Å². The molecule has 13 heavy (non-hydrogen) atoms. The average Bonchev–Trinajstić information content (AvgIpc) is 2.10. The zero-order chi connectivity index (χ0) is 10.1. The number of rotatable bonds is 8. The quantitative estimate of drug-likeness (QED) is 0.527. The molecule has 3 nitrogen and oxygen atoms in total. The smallest absolute Gasteiger partial charge is 0.0593 e. The van der Waals surface area contributed by atoms with Crippen LogP contribution in [0.5, 0.6) is 0 Å². The van der Waals surface area contributed by atoms with Crippen molar-refractivity contribution in [2.45, 2.75) is 13.3 Å². The molecule has 0 amide bonds. The van der Waals surface area contributed by atoms with Crippen LogP contribution in [-0.4, -0.2) is 63.8 Å². The SMILES string of the molecule is CCN(C)CCOCCCN(C)C. The number of ether oxygens (including phenoxy) is 1. The summed E-state index contributed by atoms with van der Waals surface area (Å²) in [7, 11) is 6.29. The van der Waals surface area contributed by atoms with Crippen molar-refractivity contribution < 1.29 is 4.74 Å². The van der Waals surface area contributed by atoms with Gasteiger partial charge in [0, 0.05) is 13.2 Å². The molecule has 0 fully saturated rings. The van der Waals surface area contributed by atoms with E-state index in [0.717, 1.165) is 39.3 Å². The zero-order valence-electron chi connectivity index (χ0n) is 9.55.